The van der Waals surface area contributed by atoms with Gasteiger partial charge < -0.3 is 15.2 Å². The molecule has 0 saturated heterocycles. The Hall–Kier alpha value is -2.14. The zero-order chi connectivity index (χ0) is 14.5. The Bertz CT molecular complexity index is 570. The summed E-state index contributed by atoms with van der Waals surface area (Å²) in [6, 6.07) is 9.72. The average Bonchev–Trinajstić information content (AvgIpc) is 2.45. The molecule has 0 heterocycles. The zero-order valence-electron chi connectivity index (χ0n) is 11.0. The Morgan fingerprint density at radius 1 is 1.00 bits per heavy atom. The molecule has 0 amide bonds. The Kier molecular flexibility index (Phi) is 4.53. The normalized spacial score (nSPS) is 12.0. The van der Waals surface area contributed by atoms with Crippen LogP contribution in [0.2, 0.25) is 0 Å². The summed E-state index contributed by atoms with van der Waals surface area (Å²) in [5.74, 6) is -0.349. The smallest absolute Gasteiger partial charge is 0.161 e. The van der Waals surface area contributed by atoms with Gasteiger partial charge in [0.05, 0.1) is 13.2 Å². The Morgan fingerprint density at radius 3 is 2.20 bits per heavy atom. The van der Waals surface area contributed by atoms with Crippen molar-refractivity contribution >= 4 is 0 Å². The maximum absolute atomic E-state index is 13.6. The molecule has 0 bridgehead atoms. The number of rotatable bonds is 5. The predicted molar refractivity (Wildman–Crippen MR) is 71.8 cm³/mol. The van der Waals surface area contributed by atoms with Crippen LogP contribution in [-0.2, 0) is 0 Å². The van der Waals surface area contributed by atoms with Gasteiger partial charge in [-0.05, 0) is 24.3 Å². The first-order valence-electron chi connectivity index (χ1n) is 6.08. The van der Waals surface area contributed by atoms with Gasteiger partial charge in [-0.1, -0.05) is 18.2 Å². The summed E-state index contributed by atoms with van der Waals surface area (Å²) in [6.07, 6.45) is 0. The molecular weight excluding hydrogens is 264 g/mol. The van der Waals surface area contributed by atoms with E-state index < -0.39 is 17.7 Å². The molecule has 20 heavy (non-hydrogen) atoms. The van der Waals surface area contributed by atoms with Crippen LogP contribution in [0.4, 0.5) is 8.78 Å². The van der Waals surface area contributed by atoms with Crippen LogP contribution in [0.25, 0.3) is 0 Å². The van der Waals surface area contributed by atoms with Crippen LogP contribution in [0.15, 0.2) is 42.5 Å². The molecule has 3 nitrogen and oxygen atoms in total. The van der Waals surface area contributed by atoms with E-state index in [9.17, 15) is 8.78 Å². The molecular formula is C15H15F2NO2. The van der Waals surface area contributed by atoms with Crippen LogP contribution in [0.1, 0.15) is 11.6 Å². The van der Waals surface area contributed by atoms with Crippen molar-refractivity contribution in [2.75, 3.05) is 13.7 Å². The number of hydrogen-bond acceptors (Lipinski definition) is 3. The third kappa shape index (κ3) is 3.05. The lowest BCUT2D eigenvalue weighted by Crippen LogP contribution is -2.21. The average molecular weight is 279 g/mol. The first kappa shape index (κ1) is 14.3. The monoisotopic (exact) mass is 279 g/mol. The molecule has 0 fully saturated rings. The third-order valence-corrected chi connectivity index (χ3v) is 2.86. The number of halogens is 2. The molecule has 0 radical (unpaired) electrons. The fourth-order valence-corrected chi connectivity index (χ4v) is 1.87. The molecule has 1 atom stereocenters. The standard InChI is InChI=1S/C15H15F2NO2/c1-19-13-7-2-3-8-14(13)20-9-12(18)15-10(16)5-4-6-11(15)17/h2-8,12H,9,18H2,1H3. The minimum Gasteiger partial charge on any atom is -0.493 e. The summed E-state index contributed by atoms with van der Waals surface area (Å²) in [6.45, 7) is -0.0573. The fraction of sp³-hybridized carbons (Fsp3) is 0.200. The van der Waals surface area contributed by atoms with E-state index in [4.69, 9.17) is 15.2 Å². The molecule has 0 aliphatic rings. The minimum atomic E-state index is -0.902. The highest BCUT2D eigenvalue weighted by Gasteiger charge is 2.17. The quantitative estimate of drug-likeness (QED) is 0.915. The van der Waals surface area contributed by atoms with E-state index in [0.29, 0.717) is 11.5 Å². The summed E-state index contributed by atoms with van der Waals surface area (Å²) in [5, 5.41) is 0. The predicted octanol–water partition coefficient (Wildman–Crippen LogP) is 3.05. The lowest BCUT2D eigenvalue weighted by molar-refractivity contribution is 0.268. The van der Waals surface area contributed by atoms with Gasteiger partial charge >= 0.3 is 0 Å². The summed E-state index contributed by atoms with van der Waals surface area (Å²) in [4.78, 5) is 0. The van der Waals surface area contributed by atoms with E-state index in [1.54, 1.807) is 24.3 Å². The number of benzene rings is 2. The van der Waals surface area contributed by atoms with Gasteiger partial charge in [0.15, 0.2) is 11.5 Å². The second-order valence-electron chi connectivity index (χ2n) is 4.20. The highest BCUT2D eigenvalue weighted by atomic mass is 19.1. The number of methoxy groups -OCH3 is 1. The van der Waals surface area contributed by atoms with Crippen LogP contribution < -0.4 is 15.2 Å². The van der Waals surface area contributed by atoms with Gasteiger partial charge in [-0.2, -0.15) is 0 Å². The Morgan fingerprint density at radius 2 is 1.60 bits per heavy atom. The summed E-state index contributed by atoms with van der Waals surface area (Å²) in [7, 11) is 1.51. The molecule has 5 heteroatoms. The van der Waals surface area contributed by atoms with Crippen molar-refractivity contribution in [3.8, 4) is 11.5 Å². The van der Waals surface area contributed by atoms with Crippen molar-refractivity contribution in [3.05, 3.63) is 59.7 Å². The van der Waals surface area contributed by atoms with E-state index in [0.717, 1.165) is 0 Å². The maximum atomic E-state index is 13.6. The Balaban J connectivity index is 2.11. The van der Waals surface area contributed by atoms with E-state index in [-0.39, 0.29) is 12.2 Å². The summed E-state index contributed by atoms with van der Waals surface area (Å²) < 4.78 is 37.7. The number of nitrogens with two attached hydrogens (primary N) is 1. The van der Waals surface area contributed by atoms with E-state index in [2.05, 4.69) is 0 Å². The molecule has 0 saturated carbocycles. The van der Waals surface area contributed by atoms with Crippen LogP contribution in [0.3, 0.4) is 0 Å². The summed E-state index contributed by atoms with van der Waals surface area (Å²) in [5.41, 5.74) is 5.61. The lowest BCUT2D eigenvalue weighted by Gasteiger charge is -2.16. The van der Waals surface area contributed by atoms with Crippen LogP contribution >= 0.6 is 0 Å². The number of hydrogen-bond donors (Lipinski definition) is 1. The fourth-order valence-electron chi connectivity index (χ4n) is 1.87. The molecule has 2 aromatic carbocycles. The Labute approximate surface area is 115 Å². The van der Waals surface area contributed by atoms with Gasteiger partial charge in [-0.3, -0.25) is 0 Å². The lowest BCUT2D eigenvalue weighted by atomic mass is 10.1. The van der Waals surface area contributed by atoms with Crippen molar-refractivity contribution in [3.63, 3.8) is 0 Å². The molecule has 2 N–H and O–H groups in total. The first-order chi connectivity index (χ1) is 9.63. The molecule has 2 rings (SSSR count). The van der Waals surface area contributed by atoms with Gasteiger partial charge in [-0.25, -0.2) is 8.78 Å². The SMILES string of the molecule is COc1ccccc1OCC(N)c1c(F)cccc1F. The zero-order valence-corrected chi connectivity index (χ0v) is 11.0. The molecule has 0 aromatic heterocycles. The molecule has 106 valence electrons. The van der Waals surface area contributed by atoms with Crippen molar-refractivity contribution in [2.24, 2.45) is 5.73 Å². The van der Waals surface area contributed by atoms with Gasteiger partial charge in [0.25, 0.3) is 0 Å². The van der Waals surface area contributed by atoms with E-state index >= 15 is 0 Å². The highest BCUT2D eigenvalue weighted by Crippen LogP contribution is 2.27. The molecule has 0 aliphatic carbocycles. The molecule has 0 spiro atoms. The molecule has 0 aliphatic heterocycles. The number of para-hydroxylation sites is 2. The topological polar surface area (TPSA) is 44.5 Å². The van der Waals surface area contributed by atoms with E-state index in [1.807, 2.05) is 0 Å². The van der Waals surface area contributed by atoms with Crippen molar-refractivity contribution < 1.29 is 18.3 Å². The maximum Gasteiger partial charge on any atom is 0.161 e. The van der Waals surface area contributed by atoms with Crippen molar-refractivity contribution in [2.45, 2.75) is 6.04 Å². The van der Waals surface area contributed by atoms with Gasteiger partial charge in [0, 0.05) is 5.56 Å². The molecule has 1 unspecified atom stereocenters. The van der Waals surface area contributed by atoms with Crippen LogP contribution in [-0.4, -0.2) is 13.7 Å². The van der Waals surface area contributed by atoms with Gasteiger partial charge in [0.1, 0.15) is 18.2 Å². The highest BCUT2D eigenvalue weighted by molar-refractivity contribution is 5.39. The molecule has 2 aromatic rings. The largest absolute Gasteiger partial charge is 0.493 e. The third-order valence-electron chi connectivity index (χ3n) is 2.86. The van der Waals surface area contributed by atoms with Crippen molar-refractivity contribution in [1.82, 2.24) is 0 Å². The van der Waals surface area contributed by atoms with Gasteiger partial charge in [0.2, 0.25) is 0 Å². The first-order valence-corrected chi connectivity index (χ1v) is 6.08. The van der Waals surface area contributed by atoms with Crippen molar-refractivity contribution in [1.29, 1.82) is 0 Å². The van der Waals surface area contributed by atoms with Crippen LogP contribution in [0, 0.1) is 11.6 Å². The second kappa shape index (κ2) is 6.34. The van der Waals surface area contributed by atoms with Crippen LogP contribution in [0.5, 0.6) is 11.5 Å². The minimum absolute atomic E-state index is 0.0573. The second-order valence-corrected chi connectivity index (χ2v) is 4.20. The number of ether oxygens (including phenoxy) is 2. The van der Waals surface area contributed by atoms with E-state index in [1.165, 1.54) is 25.3 Å². The summed E-state index contributed by atoms with van der Waals surface area (Å²) >= 11 is 0. The van der Waals surface area contributed by atoms with Gasteiger partial charge in [-0.15, -0.1) is 0 Å².